The first kappa shape index (κ1) is 28.3. The van der Waals surface area contributed by atoms with E-state index in [-0.39, 0.29) is 17.7 Å². The molecule has 1 aromatic rings. The summed E-state index contributed by atoms with van der Waals surface area (Å²) in [6, 6.07) is 3.18. The van der Waals surface area contributed by atoms with Crippen molar-refractivity contribution in [3.05, 3.63) is 52.0 Å². The minimum Gasteiger partial charge on any atom is -0.510 e. The number of hydrogen-bond acceptors (Lipinski definition) is 10. The van der Waals surface area contributed by atoms with Gasteiger partial charge in [0.15, 0.2) is 11.4 Å². The molecule has 0 saturated carbocycles. The average molecular weight is 543 g/mol. The zero-order chi connectivity index (χ0) is 29.0. The van der Waals surface area contributed by atoms with Gasteiger partial charge in [0.2, 0.25) is 5.78 Å². The summed E-state index contributed by atoms with van der Waals surface area (Å²) in [4.78, 5) is 54.2. The Morgan fingerprint density at radius 2 is 1.79 bits per heavy atom. The molecule has 0 bridgehead atoms. The van der Waals surface area contributed by atoms with Gasteiger partial charge in [-0.25, -0.2) is 0 Å². The number of benzene rings is 1. The quantitative estimate of drug-likeness (QED) is 0.193. The number of esters is 1. The molecule has 0 aromatic heterocycles. The van der Waals surface area contributed by atoms with Crippen LogP contribution in [0.25, 0.3) is 0 Å². The van der Waals surface area contributed by atoms with Crippen LogP contribution >= 0.6 is 0 Å². The number of phenolic OH excluding ortho intramolecular Hbond substituents is 1. The summed E-state index contributed by atoms with van der Waals surface area (Å²) in [5, 5.41) is 45.1. The topological polar surface area (TPSA) is 188 Å². The lowest BCUT2D eigenvalue weighted by molar-refractivity contribution is -0.181. The molecule has 0 unspecified atom stereocenters. The van der Waals surface area contributed by atoms with Crippen molar-refractivity contribution in [2.45, 2.75) is 63.2 Å². The van der Waals surface area contributed by atoms with E-state index in [1.54, 1.807) is 19.1 Å². The fourth-order valence-corrected chi connectivity index (χ4v) is 6.42. The van der Waals surface area contributed by atoms with Gasteiger partial charge >= 0.3 is 5.97 Å². The molecular formula is C28H34N2O9. The molecular weight excluding hydrogens is 508 g/mol. The molecule has 39 heavy (non-hydrogen) atoms. The van der Waals surface area contributed by atoms with Crippen molar-refractivity contribution in [1.82, 2.24) is 4.90 Å². The third kappa shape index (κ3) is 4.11. The van der Waals surface area contributed by atoms with Crippen molar-refractivity contribution in [3.8, 4) is 5.75 Å². The predicted octanol–water partition coefficient (Wildman–Crippen LogP) is 1.78. The molecule has 11 heteroatoms. The molecule has 0 fully saturated rings. The van der Waals surface area contributed by atoms with Gasteiger partial charge in [0.1, 0.15) is 28.9 Å². The van der Waals surface area contributed by atoms with Crippen LogP contribution in [0, 0.1) is 11.8 Å². The molecule has 6 N–H and O–H groups in total. The largest absolute Gasteiger partial charge is 0.510 e. The third-order valence-corrected chi connectivity index (χ3v) is 8.22. The Morgan fingerprint density at radius 3 is 2.38 bits per heavy atom. The Bertz CT molecular complexity index is 1310. The zero-order valence-electron chi connectivity index (χ0n) is 22.3. The van der Waals surface area contributed by atoms with Gasteiger partial charge in [0.05, 0.1) is 17.5 Å². The fraction of sp³-hybridized carbons (Fsp3) is 0.500. The molecule has 0 saturated heterocycles. The maximum atomic E-state index is 13.8. The fourth-order valence-electron chi connectivity index (χ4n) is 6.42. The average Bonchev–Trinajstić information content (AvgIpc) is 2.85. The Kier molecular flexibility index (Phi) is 7.35. The summed E-state index contributed by atoms with van der Waals surface area (Å²) in [5.74, 6) is -9.56. The van der Waals surface area contributed by atoms with Gasteiger partial charge in [0, 0.05) is 17.9 Å². The van der Waals surface area contributed by atoms with Gasteiger partial charge in [-0.3, -0.25) is 24.1 Å². The van der Waals surface area contributed by atoms with Gasteiger partial charge in [-0.1, -0.05) is 38.8 Å². The molecule has 4 rings (SSSR count). The van der Waals surface area contributed by atoms with E-state index in [2.05, 4.69) is 0 Å². The molecule has 11 nitrogen and oxygen atoms in total. The van der Waals surface area contributed by atoms with E-state index >= 15 is 0 Å². The van der Waals surface area contributed by atoms with Crippen LogP contribution in [0.15, 0.2) is 40.9 Å². The number of fused-ring (bicyclic) bond motifs is 3. The van der Waals surface area contributed by atoms with Crippen molar-refractivity contribution in [3.63, 3.8) is 0 Å². The van der Waals surface area contributed by atoms with Crippen LogP contribution in [0.1, 0.15) is 61.4 Å². The summed E-state index contributed by atoms with van der Waals surface area (Å²) >= 11 is 0. The van der Waals surface area contributed by atoms with Crippen molar-refractivity contribution in [2.75, 3.05) is 14.1 Å². The van der Waals surface area contributed by atoms with Crippen LogP contribution in [-0.2, 0) is 19.1 Å². The first-order chi connectivity index (χ1) is 18.3. The maximum absolute atomic E-state index is 13.8. The molecule has 0 heterocycles. The van der Waals surface area contributed by atoms with Crippen LogP contribution in [-0.4, -0.2) is 80.6 Å². The number of phenols is 1. The number of aliphatic hydroxyl groups excluding tert-OH is 2. The van der Waals surface area contributed by atoms with E-state index in [0.717, 1.165) is 12.8 Å². The Hall–Kier alpha value is -3.70. The smallest absolute Gasteiger partial charge is 0.306 e. The number of carbonyl (C=O) groups excluding carboxylic acids is 4. The number of amides is 1. The normalized spacial score (nSPS) is 30.2. The van der Waals surface area contributed by atoms with Crippen molar-refractivity contribution < 1.29 is 44.3 Å². The SMILES string of the molecule is CCCCCC(=O)O[C@H]1[C@H]2C(=C(O)[C@]3(O)C(=O)C(C(N)=O)=C(O)[C@@H](N(C)C)[C@H]13)C(=O)c1c(O)cccc1[C@@H]2C. The van der Waals surface area contributed by atoms with Crippen molar-refractivity contribution >= 4 is 23.4 Å². The first-order valence-corrected chi connectivity index (χ1v) is 13.0. The Labute approximate surface area is 225 Å². The number of nitrogens with zero attached hydrogens (tertiary/aromatic N) is 1. The Balaban J connectivity index is 2.02. The minimum absolute atomic E-state index is 0.0296. The second-order valence-corrected chi connectivity index (χ2v) is 10.7. The minimum atomic E-state index is -2.94. The van der Waals surface area contributed by atoms with Crippen molar-refractivity contribution in [1.29, 1.82) is 0 Å². The van der Waals surface area contributed by atoms with Crippen LogP contribution in [0.5, 0.6) is 5.75 Å². The lowest BCUT2D eigenvalue weighted by Crippen LogP contribution is -2.69. The maximum Gasteiger partial charge on any atom is 0.306 e. The van der Waals surface area contributed by atoms with Crippen LogP contribution in [0.3, 0.4) is 0 Å². The highest BCUT2D eigenvalue weighted by Gasteiger charge is 2.68. The molecule has 0 aliphatic heterocycles. The van der Waals surface area contributed by atoms with Crippen LogP contribution in [0.2, 0.25) is 0 Å². The molecule has 1 aromatic carbocycles. The number of ether oxygens (including phenoxy) is 1. The molecule has 0 spiro atoms. The number of unbranched alkanes of at least 4 members (excludes halogenated alkanes) is 2. The van der Waals surface area contributed by atoms with Crippen LogP contribution in [0.4, 0.5) is 0 Å². The monoisotopic (exact) mass is 542 g/mol. The van der Waals surface area contributed by atoms with E-state index in [1.165, 1.54) is 25.1 Å². The number of aromatic hydroxyl groups is 1. The van der Waals surface area contributed by atoms with E-state index in [0.29, 0.717) is 12.0 Å². The Morgan fingerprint density at radius 1 is 1.13 bits per heavy atom. The van der Waals surface area contributed by atoms with Gasteiger partial charge in [0.25, 0.3) is 5.91 Å². The first-order valence-electron chi connectivity index (χ1n) is 13.0. The lowest BCUT2D eigenvalue weighted by atomic mass is 9.55. The number of hydrogen-bond donors (Lipinski definition) is 5. The number of ketones is 2. The highest BCUT2D eigenvalue weighted by Crippen LogP contribution is 2.56. The van der Waals surface area contributed by atoms with Crippen molar-refractivity contribution in [2.24, 2.45) is 17.6 Å². The summed E-state index contributed by atoms with van der Waals surface area (Å²) in [5.41, 5.74) is 1.44. The van der Waals surface area contributed by atoms with E-state index in [9.17, 15) is 39.6 Å². The van der Waals surface area contributed by atoms with Gasteiger partial charge < -0.3 is 30.9 Å². The highest BCUT2D eigenvalue weighted by molar-refractivity contribution is 6.25. The number of rotatable bonds is 7. The molecule has 0 radical (unpaired) electrons. The van der Waals surface area contributed by atoms with Gasteiger partial charge in [-0.15, -0.1) is 0 Å². The molecule has 3 aliphatic carbocycles. The summed E-state index contributed by atoms with van der Waals surface area (Å²) in [7, 11) is 3.02. The molecule has 6 atom stereocenters. The highest BCUT2D eigenvalue weighted by atomic mass is 16.5. The summed E-state index contributed by atoms with van der Waals surface area (Å²) in [6.07, 6.45) is 0.766. The zero-order valence-corrected chi connectivity index (χ0v) is 22.3. The lowest BCUT2D eigenvalue weighted by Gasteiger charge is -2.54. The number of carbonyl (C=O) groups is 4. The second kappa shape index (κ2) is 10.1. The number of aliphatic hydroxyl groups is 3. The van der Waals surface area contributed by atoms with E-state index in [1.807, 2.05) is 6.92 Å². The summed E-state index contributed by atoms with van der Waals surface area (Å²) in [6.45, 7) is 3.68. The second-order valence-electron chi connectivity index (χ2n) is 10.7. The van der Waals surface area contributed by atoms with Gasteiger partial charge in [-0.2, -0.15) is 0 Å². The third-order valence-electron chi connectivity index (χ3n) is 8.22. The number of Topliss-reactive ketones (excluding diaryl/α,β-unsaturated/α-hetero) is 2. The summed E-state index contributed by atoms with van der Waals surface area (Å²) < 4.78 is 5.94. The number of primary amides is 1. The number of likely N-dealkylation sites (N-methyl/N-ethyl adjacent to an activating group) is 1. The standard InChI is InChI=1S/C28H34N2O9/c1-5-6-7-11-15(32)39-24-16-12(2)13-9-8-10-14(31)17(13)22(33)18(16)25(35)28(38)20(24)21(30(3)4)23(34)19(26(28)36)27(29)37/h8-10,12,16,20-21,24,31,34-35,38H,5-7,11H2,1-4H3,(H2,29,37)/t12-,16+,20+,21-,24-,28-/m0/s1. The van der Waals surface area contributed by atoms with E-state index < -0.39 is 81.6 Å². The van der Waals surface area contributed by atoms with Crippen LogP contribution < -0.4 is 5.73 Å². The molecule has 3 aliphatic rings. The van der Waals surface area contributed by atoms with Gasteiger partial charge in [-0.05, 0) is 38.1 Å². The van der Waals surface area contributed by atoms with E-state index in [4.69, 9.17) is 10.5 Å². The molecule has 1 amide bonds. The number of nitrogens with two attached hydrogens (primary N) is 1. The predicted molar refractivity (Wildman–Crippen MR) is 138 cm³/mol. The molecule has 210 valence electrons.